The summed E-state index contributed by atoms with van der Waals surface area (Å²) >= 11 is 0. The molecule has 0 amide bonds. The lowest BCUT2D eigenvalue weighted by Gasteiger charge is -2.35. The molecular formula is C13H17N3. The van der Waals surface area contributed by atoms with E-state index in [9.17, 15) is 0 Å². The van der Waals surface area contributed by atoms with Crippen LogP contribution in [0.4, 0.5) is 5.69 Å². The minimum Gasteiger partial charge on any atom is -0.380 e. The number of aromatic nitrogens is 1. The maximum Gasteiger partial charge on any atom is 0.142 e. The van der Waals surface area contributed by atoms with Crippen LogP contribution in [-0.2, 0) is 0 Å². The molecule has 0 aliphatic heterocycles. The Morgan fingerprint density at radius 2 is 2.12 bits per heavy atom. The molecule has 16 heavy (non-hydrogen) atoms. The topological polar surface area (TPSA) is 48.7 Å². The van der Waals surface area contributed by atoms with Gasteiger partial charge in [0, 0.05) is 17.4 Å². The van der Waals surface area contributed by atoms with Gasteiger partial charge in [-0.25, -0.2) is 4.98 Å². The van der Waals surface area contributed by atoms with Gasteiger partial charge in [-0.2, -0.15) is 5.26 Å². The van der Waals surface area contributed by atoms with E-state index in [-0.39, 0.29) is 5.54 Å². The van der Waals surface area contributed by atoms with Gasteiger partial charge in [0.05, 0.1) is 0 Å². The summed E-state index contributed by atoms with van der Waals surface area (Å²) in [5, 5.41) is 12.3. The monoisotopic (exact) mass is 215 g/mol. The number of pyridine rings is 1. The zero-order valence-electron chi connectivity index (χ0n) is 9.66. The van der Waals surface area contributed by atoms with E-state index in [0.29, 0.717) is 5.69 Å². The van der Waals surface area contributed by atoms with Crippen LogP contribution in [0.5, 0.6) is 0 Å². The summed E-state index contributed by atoms with van der Waals surface area (Å²) in [6.07, 6.45) is 8.03. The number of nitriles is 1. The van der Waals surface area contributed by atoms with Crippen LogP contribution in [0.2, 0.25) is 0 Å². The second-order valence-electron chi connectivity index (χ2n) is 4.79. The Balaban J connectivity index is 2.10. The largest absolute Gasteiger partial charge is 0.380 e. The first-order valence-corrected chi connectivity index (χ1v) is 5.86. The average Bonchev–Trinajstić information content (AvgIpc) is 2.29. The third kappa shape index (κ3) is 2.52. The first kappa shape index (κ1) is 10.9. The van der Waals surface area contributed by atoms with Gasteiger partial charge in [-0.3, -0.25) is 0 Å². The molecule has 1 N–H and O–H groups in total. The summed E-state index contributed by atoms with van der Waals surface area (Å²) in [6, 6.07) is 5.82. The number of anilines is 1. The van der Waals surface area contributed by atoms with Crippen LogP contribution < -0.4 is 5.32 Å². The molecule has 1 aromatic heterocycles. The fourth-order valence-electron chi connectivity index (χ4n) is 2.38. The molecule has 3 heteroatoms. The van der Waals surface area contributed by atoms with E-state index in [0.717, 1.165) is 5.69 Å². The summed E-state index contributed by atoms with van der Waals surface area (Å²) in [7, 11) is 0. The lowest BCUT2D eigenvalue weighted by molar-refractivity contribution is 0.349. The van der Waals surface area contributed by atoms with E-state index in [1.54, 1.807) is 6.20 Å². The summed E-state index contributed by atoms with van der Waals surface area (Å²) in [5.74, 6) is 0. The molecule has 1 aromatic rings. The van der Waals surface area contributed by atoms with Gasteiger partial charge in [0.15, 0.2) is 0 Å². The summed E-state index contributed by atoms with van der Waals surface area (Å²) < 4.78 is 0. The van der Waals surface area contributed by atoms with Crippen molar-refractivity contribution in [2.45, 2.75) is 44.6 Å². The molecule has 1 saturated carbocycles. The van der Waals surface area contributed by atoms with E-state index in [1.807, 2.05) is 12.1 Å². The van der Waals surface area contributed by atoms with Crippen molar-refractivity contribution in [2.75, 3.05) is 5.32 Å². The van der Waals surface area contributed by atoms with Gasteiger partial charge in [-0.05, 0) is 31.9 Å². The first-order chi connectivity index (χ1) is 7.72. The standard InChI is InChI=1S/C13H17N3/c1-13(6-3-2-4-7-13)16-11-5-8-15-12(9-11)10-14/h5,8-9H,2-4,6-7H2,1H3,(H,15,16). The maximum absolute atomic E-state index is 8.79. The first-order valence-electron chi connectivity index (χ1n) is 5.86. The van der Waals surface area contributed by atoms with E-state index >= 15 is 0 Å². The van der Waals surface area contributed by atoms with Gasteiger partial charge in [0.1, 0.15) is 11.8 Å². The highest BCUT2D eigenvalue weighted by molar-refractivity contribution is 5.47. The highest BCUT2D eigenvalue weighted by atomic mass is 15.0. The Hall–Kier alpha value is -1.56. The predicted molar refractivity (Wildman–Crippen MR) is 64.1 cm³/mol. The minimum atomic E-state index is 0.187. The van der Waals surface area contributed by atoms with Gasteiger partial charge in [-0.1, -0.05) is 19.3 Å². The van der Waals surface area contributed by atoms with Crippen molar-refractivity contribution in [1.82, 2.24) is 4.98 Å². The third-order valence-electron chi connectivity index (χ3n) is 3.28. The molecule has 0 saturated heterocycles. The second-order valence-corrected chi connectivity index (χ2v) is 4.79. The molecule has 3 nitrogen and oxygen atoms in total. The van der Waals surface area contributed by atoms with Crippen LogP contribution in [0.3, 0.4) is 0 Å². The molecule has 0 atom stereocenters. The zero-order valence-corrected chi connectivity index (χ0v) is 9.66. The second kappa shape index (κ2) is 4.52. The summed E-state index contributed by atoms with van der Waals surface area (Å²) in [5.41, 5.74) is 1.67. The molecule has 0 bridgehead atoms. The van der Waals surface area contributed by atoms with E-state index in [2.05, 4.69) is 23.3 Å². The van der Waals surface area contributed by atoms with E-state index < -0.39 is 0 Å². The Morgan fingerprint density at radius 3 is 2.81 bits per heavy atom. The molecule has 1 aliphatic rings. The number of hydrogen-bond acceptors (Lipinski definition) is 3. The van der Waals surface area contributed by atoms with Crippen molar-refractivity contribution < 1.29 is 0 Å². The highest BCUT2D eigenvalue weighted by Gasteiger charge is 2.26. The Bertz CT molecular complexity index is 400. The van der Waals surface area contributed by atoms with Crippen LogP contribution in [-0.4, -0.2) is 10.5 Å². The lowest BCUT2D eigenvalue weighted by Crippen LogP contribution is -2.36. The average molecular weight is 215 g/mol. The maximum atomic E-state index is 8.79. The molecule has 1 heterocycles. The summed E-state index contributed by atoms with van der Waals surface area (Å²) in [4.78, 5) is 3.97. The number of nitrogens with one attached hydrogen (secondary N) is 1. The fourth-order valence-corrected chi connectivity index (χ4v) is 2.38. The SMILES string of the molecule is CC1(Nc2ccnc(C#N)c2)CCCCC1. The van der Waals surface area contributed by atoms with Crippen molar-refractivity contribution >= 4 is 5.69 Å². The molecule has 1 fully saturated rings. The van der Waals surface area contributed by atoms with Gasteiger partial charge < -0.3 is 5.32 Å². The fraction of sp³-hybridized carbons (Fsp3) is 0.538. The third-order valence-corrected chi connectivity index (χ3v) is 3.28. The molecule has 0 aromatic carbocycles. The lowest BCUT2D eigenvalue weighted by atomic mass is 9.83. The summed E-state index contributed by atoms with van der Waals surface area (Å²) in [6.45, 7) is 2.26. The molecule has 0 unspecified atom stereocenters. The number of hydrogen-bond donors (Lipinski definition) is 1. The van der Waals surface area contributed by atoms with Crippen LogP contribution in [0, 0.1) is 11.3 Å². The van der Waals surface area contributed by atoms with E-state index in [4.69, 9.17) is 5.26 Å². The Morgan fingerprint density at radius 1 is 1.38 bits per heavy atom. The highest BCUT2D eigenvalue weighted by Crippen LogP contribution is 2.31. The molecule has 2 rings (SSSR count). The van der Waals surface area contributed by atoms with Crippen molar-refractivity contribution in [3.63, 3.8) is 0 Å². The molecule has 0 radical (unpaired) electrons. The quantitative estimate of drug-likeness (QED) is 0.824. The van der Waals surface area contributed by atoms with Crippen molar-refractivity contribution in [3.8, 4) is 6.07 Å². The van der Waals surface area contributed by atoms with Gasteiger partial charge >= 0.3 is 0 Å². The van der Waals surface area contributed by atoms with Crippen LogP contribution >= 0.6 is 0 Å². The van der Waals surface area contributed by atoms with Crippen molar-refractivity contribution in [1.29, 1.82) is 5.26 Å². The normalized spacial score (nSPS) is 18.8. The Labute approximate surface area is 96.5 Å². The molecule has 1 aliphatic carbocycles. The zero-order chi connectivity index (χ0) is 11.4. The molecular weight excluding hydrogens is 198 g/mol. The van der Waals surface area contributed by atoms with Gasteiger partial charge in [0.25, 0.3) is 0 Å². The van der Waals surface area contributed by atoms with Crippen molar-refractivity contribution in [2.24, 2.45) is 0 Å². The van der Waals surface area contributed by atoms with Crippen LogP contribution in [0.25, 0.3) is 0 Å². The number of nitrogens with zero attached hydrogens (tertiary/aromatic N) is 2. The smallest absolute Gasteiger partial charge is 0.142 e. The van der Waals surface area contributed by atoms with Crippen LogP contribution in [0.15, 0.2) is 18.3 Å². The number of rotatable bonds is 2. The predicted octanol–water partition coefficient (Wildman–Crippen LogP) is 3.09. The molecule has 0 spiro atoms. The van der Waals surface area contributed by atoms with E-state index in [1.165, 1.54) is 32.1 Å². The van der Waals surface area contributed by atoms with Crippen molar-refractivity contribution in [3.05, 3.63) is 24.0 Å². The van der Waals surface area contributed by atoms with Crippen LogP contribution in [0.1, 0.15) is 44.7 Å². The van der Waals surface area contributed by atoms with Gasteiger partial charge in [0.2, 0.25) is 0 Å². The van der Waals surface area contributed by atoms with Gasteiger partial charge in [-0.15, -0.1) is 0 Å². The molecule has 84 valence electrons. The Kier molecular flexibility index (Phi) is 3.09. The minimum absolute atomic E-state index is 0.187.